The second-order valence-electron chi connectivity index (χ2n) is 5.91. The number of halogens is 1. The molecule has 11 heteroatoms. The number of rotatable bonds is 8. The highest BCUT2D eigenvalue weighted by atomic mass is 35.5. The SMILES string of the molecule is COC(=O)c1ccccc1NC(=O)COC(=O)CSc1nnc(-c2ccc(Cl)cc2)o1. The van der Waals surface area contributed by atoms with Crippen LogP contribution in [0.25, 0.3) is 11.5 Å². The van der Waals surface area contributed by atoms with E-state index in [-0.39, 0.29) is 28.1 Å². The Balaban J connectivity index is 1.46. The third kappa shape index (κ3) is 6.30. The fraction of sp³-hybridized carbons (Fsp3) is 0.150. The van der Waals surface area contributed by atoms with Gasteiger partial charge in [-0.3, -0.25) is 9.59 Å². The van der Waals surface area contributed by atoms with E-state index in [9.17, 15) is 14.4 Å². The van der Waals surface area contributed by atoms with Crippen molar-refractivity contribution in [3.8, 4) is 11.5 Å². The molecule has 0 aliphatic carbocycles. The van der Waals surface area contributed by atoms with E-state index in [0.29, 0.717) is 10.6 Å². The Hall–Kier alpha value is -3.37. The van der Waals surface area contributed by atoms with Gasteiger partial charge in [-0.05, 0) is 36.4 Å². The van der Waals surface area contributed by atoms with Crippen molar-refractivity contribution in [3.05, 3.63) is 59.1 Å². The number of anilines is 1. The average Bonchev–Trinajstić information content (AvgIpc) is 3.25. The monoisotopic (exact) mass is 461 g/mol. The maximum Gasteiger partial charge on any atom is 0.339 e. The highest BCUT2D eigenvalue weighted by molar-refractivity contribution is 7.99. The summed E-state index contributed by atoms with van der Waals surface area (Å²) in [4.78, 5) is 35.7. The Kier molecular flexibility index (Phi) is 7.63. The number of nitrogens with zero attached hydrogens (tertiary/aromatic N) is 2. The number of nitrogens with one attached hydrogen (secondary N) is 1. The van der Waals surface area contributed by atoms with Crippen molar-refractivity contribution in [1.82, 2.24) is 10.2 Å². The standard InChI is InChI=1S/C20H16ClN3O6S/c1-28-19(27)14-4-2-3-5-15(14)22-16(25)10-29-17(26)11-31-20-24-23-18(30-20)12-6-8-13(21)9-7-12/h2-9H,10-11H2,1H3,(H,22,25). The van der Waals surface area contributed by atoms with Crippen molar-refractivity contribution in [2.75, 3.05) is 24.8 Å². The van der Waals surface area contributed by atoms with Crippen LogP contribution in [-0.4, -0.2) is 47.5 Å². The maximum atomic E-state index is 12.0. The Bertz CT molecular complexity index is 1090. The number of hydrogen-bond donors (Lipinski definition) is 1. The molecule has 1 heterocycles. The van der Waals surface area contributed by atoms with Gasteiger partial charge in [0.15, 0.2) is 6.61 Å². The van der Waals surface area contributed by atoms with E-state index in [1.165, 1.54) is 19.2 Å². The Morgan fingerprint density at radius 3 is 2.58 bits per heavy atom. The number of para-hydroxylation sites is 1. The normalized spacial score (nSPS) is 10.4. The fourth-order valence-corrected chi connectivity index (χ4v) is 3.04. The molecule has 0 aliphatic heterocycles. The molecule has 2 aromatic carbocycles. The fourth-order valence-electron chi connectivity index (χ4n) is 2.35. The van der Waals surface area contributed by atoms with E-state index in [2.05, 4.69) is 20.3 Å². The molecule has 0 radical (unpaired) electrons. The first-order valence-corrected chi connectivity index (χ1v) is 10.2. The summed E-state index contributed by atoms with van der Waals surface area (Å²) < 4.78 is 15.1. The number of carbonyl (C=O) groups excluding carboxylic acids is 3. The van der Waals surface area contributed by atoms with Crippen molar-refractivity contribution < 1.29 is 28.3 Å². The van der Waals surface area contributed by atoms with Crippen molar-refractivity contribution in [2.45, 2.75) is 5.22 Å². The summed E-state index contributed by atoms with van der Waals surface area (Å²) >= 11 is 6.82. The zero-order valence-corrected chi connectivity index (χ0v) is 17.7. The molecule has 0 spiro atoms. The molecule has 1 amide bonds. The van der Waals surface area contributed by atoms with Crippen LogP contribution in [0.3, 0.4) is 0 Å². The molecule has 160 valence electrons. The summed E-state index contributed by atoms with van der Waals surface area (Å²) in [5, 5.41) is 11.0. The lowest BCUT2D eigenvalue weighted by Gasteiger charge is -2.09. The second kappa shape index (κ2) is 10.6. The lowest BCUT2D eigenvalue weighted by Crippen LogP contribution is -2.22. The molecule has 0 saturated heterocycles. The van der Waals surface area contributed by atoms with Crippen LogP contribution in [-0.2, 0) is 19.1 Å². The quantitative estimate of drug-likeness (QED) is 0.397. The van der Waals surface area contributed by atoms with Crippen LogP contribution in [0.2, 0.25) is 5.02 Å². The molecule has 0 bridgehead atoms. The molecule has 1 N–H and O–H groups in total. The molecule has 3 aromatic rings. The van der Waals surface area contributed by atoms with Crippen LogP contribution in [0.15, 0.2) is 58.2 Å². The van der Waals surface area contributed by atoms with E-state index in [1.54, 1.807) is 36.4 Å². The first kappa shape index (κ1) is 22.3. The van der Waals surface area contributed by atoms with Gasteiger partial charge in [-0.2, -0.15) is 0 Å². The van der Waals surface area contributed by atoms with Gasteiger partial charge in [-0.1, -0.05) is 35.5 Å². The largest absolute Gasteiger partial charge is 0.465 e. The highest BCUT2D eigenvalue weighted by Gasteiger charge is 2.16. The minimum atomic E-state index is -0.646. The molecule has 3 rings (SSSR count). The van der Waals surface area contributed by atoms with Crippen molar-refractivity contribution in [3.63, 3.8) is 0 Å². The second-order valence-corrected chi connectivity index (χ2v) is 7.28. The molecule has 0 saturated carbocycles. The summed E-state index contributed by atoms with van der Waals surface area (Å²) in [5.41, 5.74) is 1.13. The summed E-state index contributed by atoms with van der Waals surface area (Å²) in [7, 11) is 1.24. The summed E-state index contributed by atoms with van der Waals surface area (Å²) in [5.74, 6) is -1.68. The van der Waals surface area contributed by atoms with Gasteiger partial charge in [-0.15, -0.1) is 10.2 Å². The van der Waals surface area contributed by atoms with Crippen LogP contribution in [0, 0.1) is 0 Å². The third-order valence-corrected chi connectivity index (χ3v) is 4.83. The van der Waals surface area contributed by atoms with Crippen LogP contribution in [0.4, 0.5) is 5.69 Å². The Morgan fingerprint density at radius 1 is 1.10 bits per heavy atom. The van der Waals surface area contributed by atoms with E-state index >= 15 is 0 Å². The maximum absolute atomic E-state index is 12.0. The lowest BCUT2D eigenvalue weighted by molar-refractivity contribution is -0.144. The first-order chi connectivity index (χ1) is 15.0. The average molecular weight is 462 g/mol. The zero-order chi connectivity index (χ0) is 22.2. The van der Waals surface area contributed by atoms with Crippen LogP contribution in [0.1, 0.15) is 10.4 Å². The number of hydrogen-bond acceptors (Lipinski definition) is 9. The topological polar surface area (TPSA) is 121 Å². The Morgan fingerprint density at radius 2 is 1.84 bits per heavy atom. The highest BCUT2D eigenvalue weighted by Crippen LogP contribution is 2.24. The molecule has 0 aliphatic rings. The minimum Gasteiger partial charge on any atom is -0.465 e. The van der Waals surface area contributed by atoms with Crippen molar-refractivity contribution in [2.24, 2.45) is 0 Å². The predicted molar refractivity (Wildman–Crippen MR) is 113 cm³/mol. The summed E-state index contributed by atoms with van der Waals surface area (Å²) in [6.07, 6.45) is 0. The molecule has 0 atom stereocenters. The number of amides is 1. The number of esters is 2. The molecule has 0 fully saturated rings. The van der Waals surface area contributed by atoms with Gasteiger partial charge in [0.25, 0.3) is 11.1 Å². The number of carbonyl (C=O) groups is 3. The van der Waals surface area contributed by atoms with Gasteiger partial charge in [0.05, 0.1) is 18.4 Å². The van der Waals surface area contributed by atoms with E-state index in [1.807, 2.05) is 0 Å². The van der Waals surface area contributed by atoms with Gasteiger partial charge in [0, 0.05) is 10.6 Å². The van der Waals surface area contributed by atoms with Crippen LogP contribution >= 0.6 is 23.4 Å². The number of thioether (sulfide) groups is 1. The van der Waals surface area contributed by atoms with Gasteiger partial charge in [-0.25, -0.2) is 4.79 Å². The van der Waals surface area contributed by atoms with E-state index < -0.39 is 24.5 Å². The molecule has 9 nitrogen and oxygen atoms in total. The predicted octanol–water partition coefficient (Wildman–Crippen LogP) is 3.45. The molecular formula is C20H16ClN3O6S. The van der Waals surface area contributed by atoms with Crippen molar-refractivity contribution in [1.29, 1.82) is 0 Å². The van der Waals surface area contributed by atoms with Crippen LogP contribution in [0.5, 0.6) is 0 Å². The zero-order valence-electron chi connectivity index (χ0n) is 16.2. The van der Waals surface area contributed by atoms with Gasteiger partial charge in [0.1, 0.15) is 5.75 Å². The van der Waals surface area contributed by atoms with Crippen LogP contribution < -0.4 is 5.32 Å². The third-order valence-electron chi connectivity index (χ3n) is 3.78. The number of ether oxygens (including phenoxy) is 2. The number of methoxy groups -OCH3 is 1. The Labute approximate surface area is 186 Å². The first-order valence-electron chi connectivity index (χ1n) is 8.81. The number of benzene rings is 2. The number of aromatic nitrogens is 2. The van der Waals surface area contributed by atoms with E-state index in [0.717, 1.165) is 11.8 Å². The van der Waals surface area contributed by atoms with Crippen molar-refractivity contribution >= 4 is 46.9 Å². The molecule has 1 aromatic heterocycles. The van der Waals surface area contributed by atoms with E-state index in [4.69, 9.17) is 20.8 Å². The molecule has 0 unspecified atom stereocenters. The molecule has 31 heavy (non-hydrogen) atoms. The lowest BCUT2D eigenvalue weighted by atomic mass is 10.2. The van der Waals surface area contributed by atoms with Gasteiger partial charge < -0.3 is 19.2 Å². The van der Waals surface area contributed by atoms with Gasteiger partial charge >= 0.3 is 11.9 Å². The smallest absolute Gasteiger partial charge is 0.339 e. The minimum absolute atomic E-state index is 0.131. The summed E-state index contributed by atoms with van der Waals surface area (Å²) in [6, 6.07) is 13.2. The van der Waals surface area contributed by atoms with Gasteiger partial charge in [0.2, 0.25) is 5.89 Å². The molecular weight excluding hydrogens is 446 g/mol. The summed E-state index contributed by atoms with van der Waals surface area (Å²) in [6.45, 7) is -0.519.